The Labute approximate surface area is 260 Å². The maximum Gasteiger partial charge on any atom is 0.166 e. The molecule has 0 spiro atoms. The normalized spacial score (nSPS) is 12.7. The topological polar surface area (TPSA) is 99.0 Å². The molecule has 0 atom stereocenters. The first kappa shape index (κ1) is 24.8. The van der Waals surface area contributed by atoms with Gasteiger partial charge in [0, 0.05) is 39.5 Å². The van der Waals surface area contributed by atoms with E-state index in [1.54, 1.807) is 12.4 Å². The molecule has 0 saturated heterocycles. The molecular formula is C37H21N9. The van der Waals surface area contributed by atoms with Gasteiger partial charge in [0.25, 0.3) is 0 Å². The second-order valence-electron chi connectivity index (χ2n) is 11.1. The third-order valence-electron chi connectivity index (χ3n) is 8.67. The van der Waals surface area contributed by atoms with E-state index in [4.69, 9.17) is 29.9 Å². The van der Waals surface area contributed by atoms with Crippen molar-refractivity contribution in [3.63, 3.8) is 0 Å². The first-order chi connectivity index (χ1) is 22.9. The van der Waals surface area contributed by atoms with Gasteiger partial charge in [-0.15, -0.1) is 0 Å². The smallest absolute Gasteiger partial charge is 0.166 e. The van der Waals surface area contributed by atoms with Crippen molar-refractivity contribution >= 4 is 60.5 Å². The molecule has 10 aromatic rings. The second-order valence-corrected chi connectivity index (χ2v) is 11.1. The van der Waals surface area contributed by atoms with E-state index >= 15 is 0 Å². The summed E-state index contributed by atoms with van der Waals surface area (Å²) in [5, 5.41) is 4.13. The van der Waals surface area contributed by atoms with Gasteiger partial charge in [0.2, 0.25) is 0 Å². The van der Waals surface area contributed by atoms with Crippen LogP contribution in [-0.2, 0) is 0 Å². The van der Waals surface area contributed by atoms with E-state index in [0.29, 0.717) is 11.5 Å². The molecule has 0 unspecified atom stereocenters. The molecule has 0 aliphatic heterocycles. The Kier molecular flexibility index (Phi) is 5.09. The summed E-state index contributed by atoms with van der Waals surface area (Å²) in [6.07, 6.45) is 8.39. The summed E-state index contributed by atoms with van der Waals surface area (Å²) in [7, 11) is 0. The van der Waals surface area contributed by atoms with Gasteiger partial charge in [-0.3, -0.25) is 13.8 Å². The first-order valence-corrected chi connectivity index (χ1v) is 14.9. The molecule has 4 aromatic carbocycles. The quantitative estimate of drug-likeness (QED) is 0.241. The predicted molar refractivity (Wildman–Crippen MR) is 178 cm³/mol. The molecule has 0 amide bonds. The number of benzene rings is 4. The van der Waals surface area contributed by atoms with Crippen LogP contribution in [0, 0.1) is 0 Å². The molecule has 0 radical (unpaired) electrons. The number of nitrogens with zero attached hydrogens (tertiary/aromatic N) is 9. The number of aromatic nitrogens is 9. The molecule has 46 heavy (non-hydrogen) atoms. The van der Waals surface area contributed by atoms with Gasteiger partial charge >= 0.3 is 0 Å². The van der Waals surface area contributed by atoms with E-state index in [0.717, 1.165) is 77.1 Å². The molecule has 0 fully saturated rings. The van der Waals surface area contributed by atoms with Crippen LogP contribution in [0.15, 0.2) is 128 Å². The molecule has 10 rings (SSSR count). The summed E-state index contributed by atoms with van der Waals surface area (Å²) < 4.78 is 4.41. The molecule has 6 aromatic heterocycles. The van der Waals surface area contributed by atoms with Crippen LogP contribution in [-0.4, -0.2) is 43.7 Å². The summed E-state index contributed by atoms with van der Waals surface area (Å²) in [4.78, 5) is 33.7. The fourth-order valence-electron chi connectivity index (χ4n) is 6.82. The highest BCUT2D eigenvalue weighted by atomic mass is 15.1. The Morgan fingerprint density at radius 1 is 0.522 bits per heavy atom. The highest BCUT2D eigenvalue weighted by molar-refractivity contribution is 6.22. The van der Waals surface area contributed by atoms with Crippen molar-refractivity contribution in [1.29, 1.82) is 0 Å². The van der Waals surface area contributed by atoms with Gasteiger partial charge in [0.15, 0.2) is 17.1 Å². The maximum absolute atomic E-state index is 5.25. The van der Waals surface area contributed by atoms with E-state index in [1.807, 2.05) is 42.6 Å². The van der Waals surface area contributed by atoms with Crippen molar-refractivity contribution in [1.82, 2.24) is 43.7 Å². The number of fused-ring (bicyclic) bond motifs is 7. The molecule has 214 valence electrons. The summed E-state index contributed by atoms with van der Waals surface area (Å²) in [6.45, 7) is 0. The van der Waals surface area contributed by atoms with Gasteiger partial charge in [0.05, 0.1) is 28.5 Å². The molecule has 0 saturated carbocycles. The van der Waals surface area contributed by atoms with Gasteiger partial charge in [-0.2, -0.15) is 0 Å². The van der Waals surface area contributed by atoms with E-state index in [1.165, 1.54) is 12.7 Å². The summed E-state index contributed by atoms with van der Waals surface area (Å²) in [6, 6.07) is 33.1. The molecule has 0 aliphatic carbocycles. The van der Waals surface area contributed by atoms with Gasteiger partial charge in [-0.25, -0.2) is 29.9 Å². The lowest BCUT2D eigenvalue weighted by Crippen LogP contribution is -2.26. The summed E-state index contributed by atoms with van der Waals surface area (Å²) >= 11 is 0. The predicted octanol–water partition coefficient (Wildman–Crippen LogP) is 6.20. The van der Waals surface area contributed by atoms with Gasteiger partial charge in [-0.05, 0) is 5.56 Å². The second kappa shape index (κ2) is 9.44. The number of hydrogen-bond donors (Lipinski definition) is 0. The van der Waals surface area contributed by atoms with Crippen molar-refractivity contribution in [3.8, 4) is 11.3 Å². The van der Waals surface area contributed by atoms with Crippen molar-refractivity contribution < 1.29 is 0 Å². The third-order valence-corrected chi connectivity index (χ3v) is 8.67. The van der Waals surface area contributed by atoms with Crippen LogP contribution in [0.2, 0.25) is 0 Å². The summed E-state index contributed by atoms with van der Waals surface area (Å²) in [5.74, 6) is 0.524. The monoisotopic (exact) mass is 591 g/mol. The van der Waals surface area contributed by atoms with Gasteiger partial charge < -0.3 is 0 Å². The van der Waals surface area contributed by atoms with E-state index < -0.39 is 0 Å². The zero-order chi connectivity index (χ0) is 30.2. The van der Waals surface area contributed by atoms with Gasteiger partial charge in [0.1, 0.15) is 29.2 Å². The number of hydrogen-bond acceptors (Lipinski definition) is 7. The van der Waals surface area contributed by atoms with E-state index in [9.17, 15) is 0 Å². The highest BCUT2D eigenvalue weighted by Gasteiger charge is 2.24. The zero-order valence-corrected chi connectivity index (χ0v) is 24.1. The fourth-order valence-corrected chi connectivity index (χ4v) is 6.82. The lowest BCUT2D eigenvalue weighted by Gasteiger charge is -2.09. The fraction of sp³-hybridized carbons (Fsp3) is 0. The Balaban J connectivity index is 1.60. The Bertz CT molecular complexity index is 2800. The number of para-hydroxylation sites is 2. The highest BCUT2D eigenvalue weighted by Crippen LogP contribution is 2.37. The van der Waals surface area contributed by atoms with Crippen molar-refractivity contribution in [2.24, 2.45) is 0 Å². The molecule has 0 aliphatic rings. The minimum Gasteiger partial charge on any atom is -0.276 e. The van der Waals surface area contributed by atoms with Crippen LogP contribution in [0.4, 0.5) is 0 Å². The van der Waals surface area contributed by atoms with Crippen LogP contribution in [0.3, 0.4) is 0 Å². The molecule has 9 nitrogen and oxygen atoms in total. The van der Waals surface area contributed by atoms with E-state index in [2.05, 4.69) is 74.4 Å². The Morgan fingerprint density at radius 3 is 1.85 bits per heavy atom. The standard InChI is InChI=1S/C37H21N9/c1-3-9-22(10-4-1)28-19-41-36-31(44-28)27-16-8-14-25-24-13-7-15-26-30-35(40-18-17-39-30)45(32(24)26)37(46(36)33(25)27)29(23-11-5-2-6-12-23)34-42-20-38-21-43-34/h1-21H/b37-29-. The van der Waals surface area contributed by atoms with E-state index in [-0.39, 0.29) is 0 Å². The average molecular weight is 592 g/mol. The van der Waals surface area contributed by atoms with Crippen LogP contribution in [0.5, 0.6) is 0 Å². The average Bonchev–Trinajstić information content (AvgIpc) is 3.60. The summed E-state index contributed by atoms with van der Waals surface area (Å²) in [5.41, 5.74) is 9.37. The lowest BCUT2D eigenvalue weighted by molar-refractivity contribution is 0.968. The Hall–Kier alpha value is -6.61. The minimum absolute atomic E-state index is 0.524. The Morgan fingerprint density at radius 2 is 1.13 bits per heavy atom. The molecular weight excluding hydrogens is 570 g/mol. The third kappa shape index (κ3) is 3.36. The molecule has 0 N–H and O–H groups in total. The zero-order valence-electron chi connectivity index (χ0n) is 24.1. The molecule has 6 heterocycles. The van der Waals surface area contributed by atoms with Crippen LogP contribution < -0.4 is 5.48 Å². The lowest BCUT2D eigenvalue weighted by atomic mass is 10.1. The van der Waals surface area contributed by atoms with Crippen LogP contribution >= 0.6 is 0 Å². The SMILES string of the molecule is c1ccc(/C(c2ncncn2)=c2\n3c4nccnc4c4cccc(c5cccc6c7nc(-c8ccccc8)cnc7n2c56)c43)cc1. The first-order valence-electron chi connectivity index (χ1n) is 14.9. The largest absolute Gasteiger partial charge is 0.276 e. The van der Waals surface area contributed by atoms with Crippen LogP contribution in [0.1, 0.15) is 11.4 Å². The number of rotatable bonds is 3. The van der Waals surface area contributed by atoms with Crippen molar-refractivity contribution in [3.05, 3.63) is 145 Å². The molecule has 0 bridgehead atoms. The molecule has 9 heteroatoms. The van der Waals surface area contributed by atoms with Crippen LogP contribution in [0.25, 0.3) is 71.7 Å². The van der Waals surface area contributed by atoms with Gasteiger partial charge in [-0.1, -0.05) is 97.1 Å². The minimum atomic E-state index is 0.524. The van der Waals surface area contributed by atoms with Crippen molar-refractivity contribution in [2.45, 2.75) is 0 Å². The van der Waals surface area contributed by atoms with Crippen molar-refractivity contribution in [2.75, 3.05) is 0 Å². The maximum atomic E-state index is 5.25.